The highest BCUT2D eigenvalue weighted by molar-refractivity contribution is 6.30. The first kappa shape index (κ1) is 13.8. The number of hydrogen-bond donors (Lipinski definition) is 1. The molecular formula is C12H17ClN2O2. The summed E-state index contributed by atoms with van der Waals surface area (Å²) in [6.07, 6.45) is 4.20. The molecule has 4 nitrogen and oxygen atoms in total. The van der Waals surface area contributed by atoms with Crippen molar-refractivity contribution in [3.05, 3.63) is 22.8 Å². The van der Waals surface area contributed by atoms with E-state index in [2.05, 4.69) is 4.98 Å². The molecule has 0 aliphatic rings. The first-order valence-corrected chi connectivity index (χ1v) is 6.06. The first-order valence-electron chi connectivity index (χ1n) is 5.69. The summed E-state index contributed by atoms with van der Waals surface area (Å²) in [6, 6.07) is 1.73. The van der Waals surface area contributed by atoms with Crippen molar-refractivity contribution in [1.29, 1.82) is 0 Å². The van der Waals surface area contributed by atoms with Crippen LogP contribution in [-0.2, 0) is 16.0 Å². The number of nitrogens with zero attached hydrogens (tertiary/aromatic N) is 1. The van der Waals surface area contributed by atoms with Crippen molar-refractivity contribution in [3.8, 4) is 0 Å². The summed E-state index contributed by atoms with van der Waals surface area (Å²) in [5.74, 6) is 0.202. The van der Waals surface area contributed by atoms with Crippen LogP contribution in [0.25, 0.3) is 0 Å². The summed E-state index contributed by atoms with van der Waals surface area (Å²) in [4.78, 5) is 15.3. The molecule has 1 heterocycles. The van der Waals surface area contributed by atoms with Gasteiger partial charge in [0.1, 0.15) is 5.82 Å². The van der Waals surface area contributed by atoms with Gasteiger partial charge < -0.3 is 10.5 Å². The molecule has 17 heavy (non-hydrogen) atoms. The van der Waals surface area contributed by atoms with Gasteiger partial charge in [0.05, 0.1) is 11.6 Å². The molecule has 0 aliphatic heterocycles. The number of carbonyl (C=O) groups excluding carboxylic acids is 1. The fourth-order valence-corrected chi connectivity index (χ4v) is 1.51. The van der Waals surface area contributed by atoms with Crippen LogP contribution >= 0.6 is 11.6 Å². The van der Waals surface area contributed by atoms with E-state index in [4.69, 9.17) is 22.1 Å². The van der Waals surface area contributed by atoms with Crippen LogP contribution in [0.1, 0.15) is 31.7 Å². The van der Waals surface area contributed by atoms with Gasteiger partial charge in [-0.1, -0.05) is 24.9 Å². The smallest absolute Gasteiger partial charge is 0.306 e. The molecule has 0 aromatic carbocycles. The second kappa shape index (κ2) is 7.12. The Morgan fingerprint density at radius 3 is 3.06 bits per heavy atom. The lowest BCUT2D eigenvalue weighted by molar-refractivity contribution is -0.143. The number of anilines is 1. The molecule has 0 fully saturated rings. The van der Waals surface area contributed by atoms with Crippen molar-refractivity contribution in [2.45, 2.75) is 32.6 Å². The molecule has 1 aromatic heterocycles. The summed E-state index contributed by atoms with van der Waals surface area (Å²) in [7, 11) is 0. The van der Waals surface area contributed by atoms with Gasteiger partial charge in [-0.15, -0.1) is 0 Å². The van der Waals surface area contributed by atoms with Crippen LogP contribution < -0.4 is 5.73 Å². The molecule has 2 N–H and O–H groups in total. The van der Waals surface area contributed by atoms with Gasteiger partial charge in [-0.25, -0.2) is 4.98 Å². The minimum atomic E-state index is -0.210. The number of aryl methyl sites for hydroxylation is 1. The Kier molecular flexibility index (Phi) is 5.77. The van der Waals surface area contributed by atoms with E-state index in [0.29, 0.717) is 30.3 Å². The average molecular weight is 257 g/mol. The number of nitrogen functional groups attached to an aromatic ring is 1. The number of rotatable bonds is 6. The maximum atomic E-state index is 11.4. The molecule has 0 saturated carbocycles. The normalized spacial score (nSPS) is 10.2. The Balaban J connectivity index is 2.39. The van der Waals surface area contributed by atoms with Crippen molar-refractivity contribution in [2.75, 3.05) is 12.3 Å². The van der Waals surface area contributed by atoms with Crippen LogP contribution in [0.5, 0.6) is 0 Å². The Morgan fingerprint density at radius 2 is 2.35 bits per heavy atom. The van der Waals surface area contributed by atoms with Gasteiger partial charge in [-0.2, -0.15) is 0 Å². The summed E-state index contributed by atoms with van der Waals surface area (Å²) in [6.45, 7) is 2.53. The fraction of sp³-hybridized carbons (Fsp3) is 0.500. The van der Waals surface area contributed by atoms with Gasteiger partial charge >= 0.3 is 5.97 Å². The lowest BCUT2D eigenvalue weighted by Crippen LogP contribution is -2.08. The van der Waals surface area contributed by atoms with Crippen LogP contribution in [-0.4, -0.2) is 17.6 Å². The number of ether oxygens (including phenoxy) is 1. The highest BCUT2D eigenvalue weighted by Crippen LogP contribution is 2.16. The third-order valence-electron chi connectivity index (χ3n) is 2.33. The topological polar surface area (TPSA) is 65.2 Å². The van der Waals surface area contributed by atoms with Crippen LogP contribution in [0.15, 0.2) is 12.3 Å². The predicted molar refractivity (Wildman–Crippen MR) is 67.8 cm³/mol. The number of halogens is 1. The minimum Gasteiger partial charge on any atom is -0.466 e. The van der Waals surface area contributed by atoms with Crippen molar-refractivity contribution >= 4 is 23.4 Å². The zero-order chi connectivity index (χ0) is 12.7. The monoisotopic (exact) mass is 256 g/mol. The van der Waals surface area contributed by atoms with Crippen LogP contribution in [0, 0.1) is 0 Å². The number of hydrogen-bond acceptors (Lipinski definition) is 4. The van der Waals surface area contributed by atoms with Crippen molar-refractivity contribution in [2.24, 2.45) is 0 Å². The minimum absolute atomic E-state index is 0.210. The Bertz CT molecular complexity index is 383. The van der Waals surface area contributed by atoms with Crippen molar-refractivity contribution in [1.82, 2.24) is 4.98 Å². The summed E-state index contributed by atoms with van der Waals surface area (Å²) >= 11 is 5.80. The summed E-state index contributed by atoms with van der Waals surface area (Å²) in [5.41, 5.74) is 6.46. The van der Waals surface area contributed by atoms with Crippen LogP contribution in [0.4, 0.5) is 5.82 Å². The largest absolute Gasteiger partial charge is 0.466 e. The van der Waals surface area contributed by atoms with Crippen LogP contribution in [0.3, 0.4) is 0 Å². The Labute approximate surface area is 106 Å². The number of pyridine rings is 1. The molecular weight excluding hydrogens is 240 g/mol. The van der Waals surface area contributed by atoms with Gasteiger partial charge in [-0.3, -0.25) is 4.79 Å². The molecule has 0 saturated heterocycles. The molecule has 0 bridgehead atoms. The first-order chi connectivity index (χ1) is 8.13. The molecule has 0 spiro atoms. The van der Waals surface area contributed by atoms with E-state index in [-0.39, 0.29) is 5.97 Å². The third-order valence-corrected chi connectivity index (χ3v) is 2.53. The third kappa shape index (κ3) is 5.04. The van der Waals surface area contributed by atoms with Gasteiger partial charge in [0.2, 0.25) is 0 Å². The lowest BCUT2D eigenvalue weighted by atomic mass is 10.1. The number of carbonyl (C=O) groups is 1. The number of aromatic nitrogens is 1. The van der Waals surface area contributed by atoms with Crippen LogP contribution in [0.2, 0.25) is 5.02 Å². The molecule has 0 atom stereocenters. The second-order valence-electron chi connectivity index (χ2n) is 3.77. The highest BCUT2D eigenvalue weighted by Gasteiger charge is 2.07. The zero-order valence-corrected chi connectivity index (χ0v) is 10.7. The maximum Gasteiger partial charge on any atom is 0.306 e. The Morgan fingerprint density at radius 1 is 1.59 bits per heavy atom. The quantitative estimate of drug-likeness (QED) is 0.628. The van der Waals surface area contributed by atoms with E-state index < -0.39 is 0 Å². The van der Waals surface area contributed by atoms with E-state index in [1.807, 2.05) is 6.92 Å². The van der Waals surface area contributed by atoms with E-state index in [9.17, 15) is 4.79 Å². The van der Waals surface area contributed by atoms with Crippen molar-refractivity contribution in [3.63, 3.8) is 0 Å². The summed E-state index contributed by atoms with van der Waals surface area (Å²) in [5, 5.41) is 0.522. The van der Waals surface area contributed by atoms with E-state index in [1.165, 1.54) is 6.20 Å². The predicted octanol–water partition coefficient (Wildman–Crippen LogP) is 2.59. The lowest BCUT2D eigenvalue weighted by Gasteiger charge is -2.06. The average Bonchev–Trinajstić information content (AvgIpc) is 2.31. The van der Waals surface area contributed by atoms with Gasteiger partial charge in [0.15, 0.2) is 0 Å². The fourth-order valence-electron chi connectivity index (χ4n) is 1.33. The molecule has 1 aromatic rings. The van der Waals surface area contributed by atoms with Gasteiger partial charge in [0.25, 0.3) is 0 Å². The van der Waals surface area contributed by atoms with Gasteiger partial charge in [0, 0.05) is 12.6 Å². The molecule has 0 radical (unpaired) electrons. The molecule has 94 valence electrons. The standard InChI is InChI=1S/C12H17ClN2O2/c1-2-3-6-17-11(16)5-4-9-7-10(13)8-15-12(9)14/h7-8H,2-6H2,1H3,(H2,14,15). The highest BCUT2D eigenvalue weighted by atomic mass is 35.5. The zero-order valence-electron chi connectivity index (χ0n) is 9.91. The van der Waals surface area contributed by atoms with E-state index in [1.54, 1.807) is 6.07 Å². The summed E-state index contributed by atoms with van der Waals surface area (Å²) < 4.78 is 5.04. The molecule has 0 unspecified atom stereocenters. The van der Waals surface area contributed by atoms with E-state index in [0.717, 1.165) is 18.4 Å². The van der Waals surface area contributed by atoms with Crippen molar-refractivity contribution < 1.29 is 9.53 Å². The van der Waals surface area contributed by atoms with E-state index >= 15 is 0 Å². The molecule has 1 rings (SSSR count). The molecule has 0 aliphatic carbocycles. The number of nitrogens with two attached hydrogens (primary N) is 1. The SMILES string of the molecule is CCCCOC(=O)CCc1cc(Cl)cnc1N. The molecule has 0 amide bonds. The molecule has 5 heteroatoms. The van der Waals surface area contributed by atoms with Gasteiger partial charge in [-0.05, 0) is 24.5 Å². The Hall–Kier alpha value is -1.29. The second-order valence-corrected chi connectivity index (χ2v) is 4.21. The number of esters is 1. The maximum absolute atomic E-state index is 11.4. The number of unbranched alkanes of at least 4 members (excludes halogenated alkanes) is 1.